The lowest BCUT2D eigenvalue weighted by Gasteiger charge is -2.30. The summed E-state index contributed by atoms with van der Waals surface area (Å²) in [7, 11) is 0. The van der Waals surface area contributed by atoms with Crippen molar-refractivity contribution in [3.63, 3.8) is 0 Å². The minimum absolute atomic E-state index is 0.119. The highest BCUT2D eigenvalue weighted by Crippen LogP contribution is 2.29. The van der Waals surface area contributed by atoms with Gasteiger partial charge in [-0.05, 0) is 43.9 Å². The summed E-state index contributed by atoms with van der Waals surface area (Å²) < 4.78 is 0. The molecule has 1 amide bonds. The Balaban J connectivity index is 2.24. The largest absolute Gasteiger partial charge is 0.353 e. The van der Waals surface area contributed by atoms with Crippen LogP contribution in [0.15, 0.2) is 0 Å². The molecule has 0 aromatic heterocycles. The minimum Gasteiger partial charge on any atom is -0.353 e. The van der Waals surface area contributed by atoms with E-state index < -0.39 is 0 Å². The molecule has 16 heavy (non-hydrogen) atoms. The summed E-state index contributed by atoms with van der Waals surface area (Å²) in [6, 6.07) is 0.443. The third kappa shape index (κ3) is 4.54. The van der Waals surface area contributed by atoms with Crippen LogP contribution in [0, 0.1) is 17.8 Å². The molecule has 94 valence electrons. The van der Waals surface area contributed by atoms with Gasteiger partial charge in [-0.15, -0.1) is 0 Å². The van der Waals surface area contributed by atoms with Crippen molar-refractivity contribution in [2.45, 2.75) is 65.8 Å². The van der Waals surface area contributed by atoms with Gasteiger partial charge in [-0.2, -0.15) is 0 Å². The summed E-state index contributed by atoms with van der Waals surface area (Å²) in [5.74, 6) is 2.04. The van der Waals surface area contributed by atoms with Crippen molar-refractivity contribution in [3.05, 3.63) is 0 Å². The van der Waals surface area contributed by atoms with Crippen LogP contribution < -0.4 is 5.32 Å². The molecule has 1 aliphatic carbocycles. The number of amides is 1. The monoisotopic (exact) mass is 225 g/mol. The van der Waals surface area contributed by atoms with Gasteiger partial charge < -0.3 is 5.32 Å². The Kier molecular flexibility index (Phi) is 5.30. The molecule has 2 nitrogen and oxygen atoms in total. The SMILES string of the molecule is CC(C)CC1CCC(NC(=O)C(C)C)CC1. The van der Waals surface area contributed by atoms with Crippen molar-refractivity contribution >= 4 is 5.91 Å². The van der Waals surface area contributed by atoms with Crippen LogP contribution in [0.25, 0.3) is 0 Å². The standard InChI is InChI=1S/C14H27NO/c1-10(2)9-12-5-7-13(8-6-12)15-14(16)11(3)4/h10-13H,5-9H2,1-4H3,(H,15,16). The lowest BCUT2D eigenvalue weighted by atomic mass is 9.81. The Morgan fingerprint density at radius 1 is 1.12 bits per heavy atom. The van der Waals surface area contributed by atoms with Crippen LogP contribution in [0.2, 0.25) is 0 Å². The van der Waals surface area contributed by atoms with Crippen molar-refractivity contribution in [1.29, 1.82) is 0 Å². The summed E-state index contributed by atoms with van der Waals surface area (Å²) >= 11 is 0. The molecule has 2 heteroatoms. The maximum Gasteiger partial charge on any atom is 0.222 e. The Bertz CT molecular complexity index is 215. The van der Waals surface area contributed by atoms with Crippen LogP contribution >= 0.6 is 0 Å². The maximum absolute atomic E-state index is 11.6. The first-order valence-electron chi connectivity index (χ1n) is 6.79. The van der Waals surface area contributed by atoms with E-state index in [4.69, 9.17) is 0 Å². The van der Waals surface area contributed by atoms with E-state index in [9.17, 15) is 4.79 Å². The third-order valence-electron chi connectivity index (χ3n) is 3.52. The number of carbonyl (C=O) groups is 1. The molecule has 0 aliphatic heterocycles. The van der Waals surface area contributed by atoms with Gasteiger partial charge in [0, 0.05) is 12.0 Å². The van der Waals surface area contributed by atoms with Crippen molar-refractivity contribution in [1.82, 2.24) is 5.32 Å². The van der Waals surface area contributed by atoms with Gasteiger partial charge in [0.2, 0.25) is 5.91 Å². The Labute approximate surface area is 100 Å². The van der Waals surface area contributed by atoms with Crippen LogP contribution in [0.1, 0.15) is 59.8 Å². The van der Waals surface area contributed by atoms with E-state index in [0.717, 1.165) is 11.8 Å². The number of carbonyl (C=O) groups excluding carboxylic acids is 1. The predicted octanol–water partition coefficient (Wildman–Crippen LogP) is 3.36. The number of nitrogens with one attached hydrogen (secondary N) is 1. The molecule has 1 rings (SSSR count). The molecule has 0 aromatic rings. The minimum atomic E-state index is 0.119. The van der Waals surface area contributed by atoms with Crippen LogP contribution in [-0.4, -0.2) is 11.9 Å². The predicted molar refractivity (Wildman–Crippen MR) is 68.2 cm³/mol. The molecule has 1 aliphatic rings. The van der Waals surface area contributed by atoms with Gasteiger partial charge in [-0.1, -0.05) is 27.7 Å². The zero-order chi connectivity index (χ0) is 12.1. The van der Waals surface area contributed by atoms with Crippen molar-refractivity contribution < 1.29 is 4.79 Å². The van der Waals surface area contributed by atoms with Crippen molar-refractivity contribution in [3.8, 4) is 0 Å². The highest BCUT2D eigenvalue weighted by molar-refractivity contribution is 5.78. The van der Waals surface area contributed by atoms with Gasteiger partial charge in [0.05, 0.1) is 0 Å². The average Bonchev–Trinajstić information content (AvgIpc) is 2.20. The van der Waals surface area contributed by atoms with Crippen molar-refractivity contribution in [2.24, 2.45) is 17.8 Å². The normalized spacial score (nSPS) is 26.1. The second-order valence-corrected chi connectivity index (χ2v) is 6.01. The quantitative estimate of drug-likeness (QED) is 0.781. The molecule has 0 aromatic carbocycles. The first-order chi connectivity index (χ1) is 7.49. The lowest BCUT2D eigenvalue weighted by Crippen LogP contribution is -2.39. The second-order valence-electron chi connectivity index (χ2n) is 6.01. The Morgan fingerprint density at radius 2 is 1.69 bits per heavy atom. The molecular formula is C14H27NO. The summed E-state index contributed by atoms with van der Waals surface area (Å²) in [6.07, 6.45) is 6.29. The molecule has 1 fully saturated rings. The van der Waals surface area contributed by atoms with Gasteiger partial charge in [0.1, 0.15) is 0 Å². The van der Waals surface area contributed by atoms with E-state index in [1.807, 2.05) is 13.8 Å². The summed E-state index contributed by atoms with van der Waals surface area (Å²) in [5, 5.41) is 3.15. The molecule has 0 radical (unpaired) electrons. The molecule has 1 saturated carbocycles. The first kappa shape index (κ1) is 13.5. The van der Waals surface area contributed by atoms with Crippen LogP contribution in [0.4, 0.5) is 0 Å². The summed E-state index contributed by atoms with van der Waals surface area (Å²) in [6.45, 7) is 8.51. The van der Waals surface area contributed by atoms with E-state index in [1.54, 1.807) is 0 Å². The fourth-order valence-electron chi connectivity index (χ4n) is 2.58. The molecule has 0 unspecified atom stereocenters. The summed E-state index contributed by atoms with van der Waals surface area (Å²) in [5.41, 5.74) is 0. The fraction of sp³-hybridized carbons (Fsp3) is 0.929. The lowest BCUT2D eigenvalue weighted by molar-refractivity contribution is -0.125. The topological polar surface area (TPSA) is 29.1 Å². The van der Waals surface area contributed by atoms with Gasteiger partial charge in [-0.25, -0.2) is 0 Å². The molecule has 0 heterocycles. The molecule has 0 bridgehead atoms. The van der Waals surface area contributed by atoms with Gasteiger partial charge >= 0.3 is 0 Å². The number of hydrogen-bond acceptors (Lipinski definition) is 1. The van der Waals surface area contributed by atoms with E-state index in [-0.39, 0.29) is 11.8 Å². The van der Waals surface area contributed by atoms with E-state index >= 15 is 0 Å². The highest BCUT2D eigenvalue weighted by Gasteiger charge is 2.23. The molecular weight excluding hydrogens is 198 g/mol. The highest BCUT2D eigenvalue weighted by atomic mass is 16.1. The summed E-state index contributed by atoms with van der Waals surface area (Å²) in [4.78, 5) is 11.6. The van der Waals surface area contributed by atoms with E-state index in [0.29, 0.717) is 6.04 Å². The fourth-order valence-corrected chi connectivity index (χ4v) is 2.58. The van der Waals surface area contributed by atoms with Crippen LogP contribution in [0.5, 0.6) is 0 Å². The van der Waals surface area contributed by atoms with Gasteiger partial charge in [-0.3, -0.25) is 4.79 Å². The zero-order valence-corrected chi connectivity index (χ0v) is 11.3. The van der Waals surface area contributed by atoms with Crippen LogP contribution in [-0.2, 0) is 4.79 Å². The first-order valence-corrected chi connectivity index (χ1v) is 6.79. The van der Waals surface area contributed by atoms with Crippen molar-refractivity contribution in [2.75, 3.05) is 0 Å². The Morgan fingerprint density at radius 3 is 2.12 bits per heavy atom. The smallest absolute Gasteiger partial charge is 0.222 e. The van der Waals surface area contributed by atoms with Gasteiger partial charge in [0.25, 0.3) is 0 Å². The number of rotatable bonds is 4. The molecule has 0 atom stereocenters. The molecule has 1 N–H and O–H groups in total. The third-order valence-corrected chi connectivity index (χ3v) is 3.52. The van der Waals surface area contributed by atoms with Gasteiger partial charge in [0.15, 0.2) is 0 Å². The zero-order valence-electron chi connectivity index (χ0n) is 11.3. The average molecular weight is 225 g/mol. The van der Waals surface area contributed by atoms with E-state index in [1.165, 1.54) is 32.1 Å². The Hall–Kier alpha value is -0.530. The number of hydrogen-bond donors (Lipinski definition) is 1. The molecule has 0 saturated heterocycles. The second kappa shape index (κ2) is 6.27. The van der Waals surface area contributed by atoms with E-state index in [2.05, 4.69) is 19.2 Å². The molecule has 0 spiro atoms. The van der Waals surface area contributed by atoms with Crippen LogP contribution in [0.3, 0.4) is 0 Å². The maximum atomic E-state index is 11.6.